The summed E-state index contributed by atoms with van der Waals surface area (Å²) in [6.45, 7) is 3.26. The Bertz CT molecular complexity index is 1370. The smallest absolute Gasteiger partial charge is 0.410 e. The number of hydrogen-bond donors (Lipinski definition) is 5. The van der Waals surface area contributed by atoms with Gasteiger partial charge in [-0.15, -0.1) is 0 Å². The number of nitrogens with one attached hydrogen (secondary N) is 3. The van der Waals surface area contributed by atoms with Crippen molar-refractivity contribution in [3.63, 3.8) is 0 Å². The van der Waals surface area contributed by atoms with Gasteiger partial charge < -0.3 is 15.0 Å². The molecule has 2 aromatic heterocycles. The van der Waals surface area contributed by atoms with Crippen LogP contribution < -0.4 is 15.4 Å². The van der Waals surface area contributed by atoms with E-state index < -0.39 is 74.2 Å². The maximum Gasteiger partial charge on any atom is 0.410 e. The minimum atomic E-state index is -3.33. The standard InChI is InChI=1S/C22H23ClF4N6O4S/c1-20(2)18(32-19(35)36)33-21(3,13-7-22(26,27)9-29-38(13,20)37)16-12(25)4-5-14(30-16)31-17(34)15-11(23)6-10(24)8-28-15/h4-6,8,13,29,37H,7,9H2,1-3H3,(H,32,33)(H,35,36)(H,30,31,34)/t13-,21+/m1/s1. The van der Waals surface area contributed by atoms with Gasteiger partial charge in [0.05, 0.1) is 27.8 Å². The predicted molar refractivity (Wildman–Crippen MR) is 133 cm³/mol. The van der Waals surface area contributed by atoms with Crippen LogP contribution in [0.25, 0.3) is 0 Å². The van der Waals surface area contributed by atoms with Crippen LogP contribution >= 0.6 is 22.1 Å². The van der Waals surface area contributed by atoms with E-state index in [0.717, 1.165) is 24.4 Å². The van der Waals surface area contributed by atoms with E-state index in [1.807, 2.05) is 0 Å². The Morgan fingerprint density at radius 1 is 1.21 bits per heavy atom. The number of aliphatic imine (C=N–C) groups is 1. The van der Waals surface area contributed by atoms with E-state index in [2.05, 4.69) is 30.3 Å². The van der Waals surface area contributed by atoms with Crippen molar-refractivity contribution in [3.05, 3.63) is 52.4 Å². The highest BCUT2D eigenvalue weighted by molar-refractivity contribution is 8.29. The molecule has 2 aliphatic heterocycles. The third-order valence-corrected chi connectivity index (χ3v) is 10.7. The Morgan fingerprint density at radius 2 is 1.89 bits per heavy atom. The largest absolute Gasteiger partial charge is 0.465 e. The molecular weight excluding hydrogens is 556 g/mol. The monoisotopic (exact) mass is 578 g/mol. The maximum atomic E-state index is 15.3. The zero-order chi connectivity index (χ0) is 28.3. The molecule has 2 aliphatic rings. The number of alkyl halides is 2. The van der Waals surface area contributed by atoms with Crippen molar-refractivity contribution in [3.8, 4) is 0 Å². The number of anilines is 1. The molecule has 4 heterocycles. The van der Waals surface area contributed by atoms with Crippen LogP contribution in [-0.2, 0) is 5.54 Å². The van der Waals surface area contributed by atoms with Crippen molar-refractivity contribution < 1.29 is 36.8 Å². The highest BCUT2D eigenvalue weighted by Gasteiger charge is 2.64. The summed E-state index contributed by atoms with van der Waals surface area (Å²) in [7, 11) is -3.33. The lowest BCUT2D eigenvalue weighted by Gasteiger charge is -2.62. The van der Waals surface area contributed by atoms with E-state index in [-0.39, 0.29) is 22.4 Å². The number of aromatic nitrogens is 2. The van der Waals surface area contributed by atoms with Crippen molar-refractivity contribution in [2.24, 2.45) is 4.99 Å². The topological polar surface area (TPSA) is 149 Å². The lowest BCUT2D eigenvalue weighted by atomic mass is 9.88. The first kappa shape index (κ1) is 28.0. The lowest BCUT2D eigenvalue weighted by Crippen LogP contribution is -2.66. The van der Waals surface area contributed by atoms with Gasteiger partial charge >= 0.3 is 6.09 Å². The van der Waals surface area contributed by atoms with Crippen LogP contribution in [0.4, 0.5) is 28.2 Å². The van der Waals surface area contributed by atoms with Crippen molar-refractivity contribution >= 4 is 45.7 Å². The van der Waals surface area contributed by atoms with E-state index in [0.29, 0.717) is 0 Å². The molecule has 0 spiro atoms. The van der Waals surface area contributed by atoms with Gasteiger partial charge in [-0.05, 0) is 39.0 Å². The molecule has 0 aliphatic carbocycles. The van der Waals surface area contributed by atoms with Crippen molar-refractivity contribution in [1.82, 2.24) is 20.0 Å². The van der Waals surface area contributed by atoms with E-state index in [1.165, 1.54) is 20.8 Å². The average molecular weight is 579 g/mol. The summed E-state index contributed by atoms with van der Waals surface area (Å²) in [6.07, 6.45) is -1.66. The first-order valence-electron chi connectivity index (χ1n) is 11.1. The molecule has 1 fully saturated rings. The van der Waals surface area contributed by atoms with Gasteiger partial charge in [0.2, 0.25) is 0 Å². The van der Waals surface area contributed by atoms with Crippen LogP contribution in [0.2, 0.25) is 5.02 Å². The van der Waals surface area contributed by atoms with Crippen molar-refractivity contribution in [1.29, 1.82) is 0 Å². The Labute approximate surface area is 220 Å². The van der Waals surface area contributed by atoms with Crippen molar-refractivity contribution in [2.75, 3.05) is 11.9 Å². The molecule has 5 N–H and O–H groups in total. The molecule has 0 bridgehead atoms. The molecule has 1 saturated heterocycles. The van der Waals surface area contributed by atoms with Crippen LogP contribution in [-0.4, -0.2) is 59.9 Å². The van der Waals surface area contributed by atoms with Crippen LogP contribution in [0.1, 0.15) is 43.4 Å². The Balaban J connectivity index is 1.84. The number of pyridine rings is 2. The molecule has 0 radical (unpaired) electrons. The third-order valence-electron chi connectivity index (χ3n) is 6.58. The van der Waals surface area contributed by atoms with Crippen LogP contribution in [0.5, 0.6) is 0 Å². The Kier molecular flexibility index (Phi) is 6.87. The fraction of sp³-hybridized carbons (Fsp3) is 0.409. The molecule has 1 unspecified atom stereocenters. The normalized spacial score (nSPS) is 29.3. The van der Waals surface area contributed by atoms with Gasteiger partial charge in [0.25, 0.3) is 11.8 Å². The first-order chi connectivity index (χ1) is 17.5. The van der Waals surface area contributed by atoms with E-state index in [9.17, 15) is 32.4 Å². The molecule has 10 nitrogen and oxygen atoms in total. The fourth-order valence-electron chi connectivity index (χ4n) is 4.54. The van der Waals surface area contributed by atoms with Crippen LogP contribution in [0.15, 0.2) is 29.4 Å². The zero-order valence-electron chi connectivity index (χ0n) is 20.2. The van der Waals surface area contributed by atoms with Gasteiger partial charge in [-0.1, -0.05) is 22.1 Å². The number of rotatable bonds is 3. The number of hydrogen-bond acceptors (Lipinski definition) is 7. The van der Waals surface area contributed by atoms with E-state index >= 15 is 4.39 Å². The summed E-state index contributed by atoms with van der Waals surface area (Å²) in [6, 6.07) is 2.85. The summed E-state index contributed by atoms with van der Waals surface area (Å²) in [5.74, 6) is -6.54. The maximum absolute atomic E-state index is 15.3. The number of carbonyl (C=O) groups excluding carboxylic acids is 1. The number of amidine groups is 1. The number of nitrogens with zero attached hydrogens (tertiary/aromatic N) is 3. The van der Waals surface area contributed by atoms with Gasteiger partial charge in [-0.3, -0.25) is 19.8 Å². The van der Waals surface area contributed by atoms with Gasteiger partial charge in [0, 0.05) is 6.42 Å². The molecule has 38 heavy (non-hydrogen) atoms. The summed E-state index contributed by atoms with van der Waals surface area (Å²) in [5, 5.41) is 12.1. The molecule has 16 heteroatoms. The number of carbonyl (C=O) groups is 2. The van der Waals surface area contributed by atoms with E-state index in [1.54, 1.807) is 0 Å². The number of fused-ring (bicyclic) bond motifs is 1. The predicted octanol–water partition coefficient (Wildman–Crippen LogP) is 4.52. The summed E-state index contributed by atoms with van der Waals surface area (Å²) in [4.78, 5) is 36.3. The SMILES string of the molecule is CC1(C)C(NC(=O)O)=N[C@](C)(c2nc(NC(=O)c3ncc(F)cc3Cl)ccc2F)[C@H]2CC(F)(F)CNS21O. The summed E-state index contributed by atoms with van der Waals surface area (Å²) >= 11 is 5.87. The first-order valence-corrected chi connectivity index (χ1v) is 13.1. The molecule has 0 aromatic carbocycles. The molecule has 3 atom stereocenters. The fourth-order valence-corrected chi connectivity index (χ4v) is 8.19. The summed E-state index contributed by atoms with van der Waals surface area (Å²) in [5.41, 5.74) is -2.89. The number of amides is 2. The number of halogens is 5. The highest BCUT2D eigenvalue weighted by atomic mass is 35.5. The van der Waals surface area contributed by atoms with Crippen LogP contribution in [0, 0.1) is 11.6 Å². The zero-order valence-corrected chi connectivity index (χ0v) is 21.7. The average Bonchev–Trinajstić information content (AvgIpc) is 2.80. The van der Waals surface area contributed by atoms with E-state index in [4.69, 9.17) is 11.6 Å². The minimum absolute atomic E-state index is 0.253. The van der Waals surface area contributed by atoms with Gasteiger partial charge in [0.15, 0.2) is 0 Å². The quantitative estimate of drug-likeness (QED) is 0.336. The molecule has 2 aromatic rings. The lowest BCUT2D eigenvalue weighted by molar-refractivity contribution is -0.0148. The van der Waals surface area contributed by atoms with Crippen LogP contribution in [0.3, 0.4) is 0 Å². The highest BCUT2D eigenvalue weighted by Crippen LogP contribution is 2.68. The third kappa shape index (κ3) is 4.67. The molecule has 206 valence electrons. The Hall–Kier alpha value is -3.01. The minimum Gasteiger partial charge on any atom is -0.465 e. The molecule has 0 saturated carbocycles. The number of carboxylic acid groups (broad SMARTS) is 1. The molecular formula is C22H23ClF4N6O4S. The second kappa shape index (κ2) is 9.32. The summed E-state index contributed by atoms with van der Waals surface area (Å²) < 4.78 is 70.7. The van der Waals surface area contributed by atoms with Gasteiger partial charge in [0.1, 0.15) is 40.2 Å². The second-order valence-electron chi connectivity index (χ2n) is 9.51. The van der Waals surface area contributed by atoms with Gasteiger partial charge in [-0.2, -0.15) is 0 Å². The van der Waals surface area contributed by atoms with Gasteiger partial charge in [-0.25, -0.2) is 32.3 Å². The Morgan fingerprint density at radius 3 is 2.53 bits per heavy atom. The molecule has 4 rings (SSSR count). The molecule has 2 amide bonds. The second-order valence-corrected chi connectivity index (χ2v) is 13.0. The van der Waals surface area contributed by atoms with Crippen molar-refractivity contribution in [2.45, 2.75) is 48.7 Å².